The second kappa shape index (κ2) is 10.7. The lowest BCUT2D eigenvalue weighted by molar-refractivity contribution is -0.152. The van der Waals surface area contributed by atoms with Crippen molar-refractivity contribution in [2.24, 2.45) is 11.3 Å². The number of aliphatic hydroxyl groups excluding tert-OH is 1. The fourth-order valence-electron chi connectivity index (χ4n) is 1.99. The van der Waals surface area contributed by atoms with E-state index in [-0.39, 0.29) is 29.6 Å². The zero-order valence-electron chi connectivity index (χ0n) is 19.4. The maximum Gasteiger partial charge on any atom is 0.311 e. The van der Waals surface area contributed by atoms with Crippen LogP contribution >= 0.6 is 0 Å². The van der Waals surface area contributed by atoms with Crippen LogP contribution in [0.5, 0.6) is 0 Å². The van der Waals surface area contributed by atoms with Gasteiger partial charge in [-0.25, -0.2) is 4.39 Å². The Kier molecular flexibility index (Phi) is 10.3. The van der Waals surface area contributed by atoms with Crippen LogP contribution in [0.15, 0.2) is 24.1 Å². The molecule has 1 N–H and O–H groups in total. The van der Waals surface area contributed by atoms with E-state index in [0.717, 1.165) is 0 Å². The standard InChI is InChI=1S/C22H41FO4Si/c1-16(17(2)27-28(9,10)22(6,7)8)15-18(23)19(24)13-11-12-14-26-20(25)21(3,4)5/h11,13,15-17,19,24H,12,14H2,1-10H3/b13-11-,18-15+/t16-,17?,19+/m1/s1. The molecular weight excluding hydrogens is 375 g/mol. The third-order valence-electron chi connectivity index (χ3n) is 5.18. The summed E-state index contributed by atoms with van der Waals surface area (Å²) in [6.45, 7) is 20.2. The number of hydrogen-bond acceptors (Lipinski definition) is 4. The van der Waals surface area contributed by atoms with Gasteiger partial charge >= 0.3 is 5.97 Å². The first-order valence-corrected chi connectivity index (χ1v) is 13.0. The third-order valence-corrected chi connectivity index (χ3v) is 9.75. The molecule has 0 saturated heterocycles. The highest BCUT2D eigenvalue weighted by molar-refractivity contribution is 6.74. The van der Waals surface area contributed by atoms with Crippen molar-refractivity contribution in [2.75, 3.05) is 6.61 Å². The molecule has 164 valence electrons. The first kappa shape index (κ1) is 27.0. The summed E-state index contributed by atoms with van der Waals surface area (Å²) in [6, 6.07) is 0. The molecular formula is C22H41FO4Si. The van der Waals surface area contributed by atoms with Crippen molar-refractivity contribution < 1.29 is 23.5 Å². The van der Waals surface area contributed by atoms with Crippen LogP contribution < -0.4 is 0 Å². The predicted octanol–water partition coefficient (Wildman–Crippen LogP) is 5.78. The fraction of sp³-hybridized carbons (Fsp3) is 0.773. The Morgan fingerprint density at radius 2 is 1.68 bits per heavy atom. The van der Waals surface area contributed by atoms with Crippen LogP contribution in [-0.2, 0) is 14.0 Å². The smallest absolute Gasteiger partial charge is 0.311 e. The van der Waals surface area contributed by atoms with Crippen LogP contribution in [0.25, 0.3) is 0 Å². The van der Waals surface area contributed by atoms with Crippen LogP contribution in [0.2, 0.25) is 18.1 Å². The van der Waals surface area contributed by atoms with Crippen LogP contribution in [-0.4, -0.2) is 38.2 Å². The summed E-state index contributed by atoms with van der Waals surface area (Å²) in [4.78, 5) is 11.6. The van der Waals surface area contributed by atoms with Crippen molar-refractivity contribution in [3.63, 3.8) is 0 Å². The van der Waals surface area contributed by atoms with Gasteiger partial charge in [0.1, 0.15) is 11.9 Å². The van der Waals surface area contributed by atoms with E-state index in [9.17, 15) is 14.3 Å². The lowest BCUT2D eigenvalue weighted by atomic mass is 9.97. The largest absolute Gasteiger partial charge is 0.465 e. The van der Waals surface area contributed by atoms with E-state index in [4.69, 9.17) is 9.16 Å². The molecule has 0 fully saturated rings. The van der Waals surface area contributed by atoms with Crippen molar-refractivity contribution in [2.45, 2.75) is 92.2 Å². The van der Waals surface area contributed by atoms with Gasteiger partial charge in [0.25, 0.3) is 0 Å². The molecule has 6 heteroatoms. The Bertz CT molecular complexity index is 556. The molecule has 4 nitrogen and oxygen atoms in total. The highest BCUT2D eigenvalue weighted by atomic mass is 28.4. The molecule has 0 aromatic carbocycles. The van der Waals surface area contributed by atoms with E-state index in [1.165, 1.54) is 12.2 Å². The molecule has 0 bridgehead atoms. The van der Waals surface area contributed by atoms with Crippen LogP contribution in [0.3, 0.4) is 0 Å². The number of ether oxygens (including phenoxy) is 1. The molecule has 0 rings (SSSR count). The average molecular weight is 417 g/mol. The molecule has 1 unspecified atom stereocenters. The van der Waals surface area contributed by atoms with E-state index in [2.05, 4.69) is 33.9 Å². The zero-order chi connectivity index (χ0) is 22.3. The summed E-state index contributed by atoms with van der Waals surface area (Å²) in [5.74, 6) is -1.04. The molecule has 0 radical (unpaired) electrons. The van der Waals surface area contributed by atoms with Gasteiger partial charge in [0.05, 0.1) is 12.0 Å². The minimum absolute atomic E-state index is 0.0853. The molecule has 0 saturated carbocycles. The SMILES string of the molecule is CC(O[Si](C)(C)C(C)(C)C)[C@H](C)/C=C(/F)[C@@H](O)/C=C\CCOC(=O)C(C)(C)C. The van der Waals surface area contributed by atoms with Gasteiger partial charge in [-0.15, -0.1) is 0 Å². The van der Waals surface area contributed by atoms with Gasteiger partial charge in [-0.1, -0.05) is 39.8 Å². The van der Waals surface area contributed by atoms with E-state index in [0.29, 0.717) is 6.42 Å². The molecule has 0 aromatic heterocycles. The average Bonchev–Trinajstić information content (AvgIpc) is 2.51. The fourth-order valence-corrected chi connectivity index (χ4v) is 3.48. The molecule has 0 aromatic rings. The number of esters is 1. The molecule has 0 amide bonds. The summed E-state index contributed by atoms with van der Waals surface area (Å²) >= 11 is 0. The van der Waals surface area contributed by atoms with Gasteiger partial charge in [-0.2, -0.15) is 0 Å². The van der Waals surface area contributed by atoms with Crippen molar-refractivity contribution in [1.82, 2.24) is 0 Å². The summed E-state index contributed by atoms with van der Waals surface area (Å²) in [6.07, 6.45) is 3.40. The summed E-state index contributed by atoms with van der Waals surface area (Å²) in [5, 5.41) is 10.1. The van der Waals surface area contributed by atoms with Gasteiger partial charge < -0.3 is 14.3 Å². The zero-order valence-corrected chi connectivity index (χ0v) is 20.4. The van der Waals surface area contributed by atoms with E-state index in [1.54, 1.807) is 26.8 Å². The Balaban J connectivity index is 4.62. The van der Waals surface area contributed by atoms with Crippen molar-refractivity contribution in [1.29, 1.82) is 0 Å². The predicted molar refractivity (Wildman–Crippen MR) is 116 cm³/mol. The maximum atomic E-state index is 14.3. The van der Waals surface area contributed by atoms with Crippen LogP contribution in [0.1, 0.15) is 61.8 Å². The van der Waals surface area contributed by atoms with Crippen molar-refractivity contribution >= 4 is 14.3 Å². The number of hydrogen-bond donors (Lipinski definition) is 1. The van der Waals surface area contributed by atoms with Gasteiger partial charge in [0, 0.05) is 12.0 Å². The topological polar surface area (TPSA) is 55.8 Å². The van der Waals surface area contributed by atoms with Crippen molar-refractivity contribution in [3.05, 3.63) is 24.1 Å². The molecule has 0 aliphatic heterocycles. The minimum atomic E-state index is -1.93. The summed E-state index contributed by atoms with van der Waals surface area (Å²) < 4.78 is 25.7. The minimum Gasteiger partial charge on any atom is -0.465 e. The Morgan fingerprint density at radius 1 is 1.14 bits per heavy atom. The number of rotatable bonds is 9. The van der Waals surface area contributed by atoms with E-state index < -0.39 is 25.7 Å². The Morgan fingerprint density at radius 3 is 2.14 bits per heavy atom. The maximum absolute atomic E-state index is 14.3. The van der Waals surface area contributed by atoms with E-state index in [1.807, 2.05) is 13.8 Å². The lowest BCUT2D eigenvalue weighted by Crippen LogP contribution is -2.44. The molecule has 0 aliphatic rings. The Labute approximate surface area is 172 Å². The van der Waals surface area contributed by atoms with Crippen LogP contribution in [0, 0.1) is 11.3 Å². The van der Waals surface area contributed by atoms with Gasteiger partial charge in [-0.05, 0) is 58.3 Å². The van der Waals surface area contributed by atoms with Crippen molar-refractivity contribution in [3.8, 4) is 0 Å². The summed E-state index contributed by atoms with van der Waals surface area (Å²) in [7, 11) is -1.93. The first-order valence-electron chi connectivity index (χ1n) is 10.1. The van der Waals surface area contributed by atoms with Crippen LogP contribution in [0.4, 0.5) is 4.39 Å². The second-order valence-corrected chi connectivity index (χ2v) is 14.8. The normalized spacial score (nSPS) is 17.5. The second-order valence-electron chi connectivity index (χ2n) is 10.0. The van der Waals surface area contributed by atoms with Gasteiger partial charge in [0.15, 0.2) is 8.32 Å². The number of carbonyl (C=O) groups excluding carboxylic acids is 1. The first-order chi connectivity index (χ1) is 12.5. The molecule has 0 heterocycles. The highest BCUT2D eigenvalue weighted by Crippen LogP contribution is 2.38. The monoisotopic (exact) mass is 416 g/mol. The molecule has 0 aliphatic carbocycles. The lowest BCUT2D eigenvalue weighted by Gasteiger charge is -2.39. The third kappa shape index (κ3) is 9.48. The Hall–Kier alpha value is -0.983. The van der Waals surface area contributed by atoms with Gasteiger partial charge in [0.2, 0.25) is 0 Å². The molecule has 0 spiro atoms. The highest BCUT2D eigenvalue weighted by Gasteiger charge is 2.39. The molecule has 28 heavy (non-hydrogen) atoms. The quantitative estimate of drug-likeness (QED) is 0.224. The summed E-state index contributed by atoms with van der Waals surface area (Å²) in [5.41, 5.74) is -0.544. The number of carbonyl (C=O) groups is 1. The van der Waals surface area contributed by atoms with E-state index >= 15 is 0 Å². The number of halogens is 1. The van der Waals surface area contributed by atoms with Gasteiger partial charge in [-0.3, -0.25) is 4.79 Å². The number of aliphatic hydroxyl groups is 1. The molecule has 3 atom stereocenters.